The first-order valence-electron chi connectivity index (χ1n) is 14.0. The zero-order valence-electron chi connectivity index (χ0n) is 23.1. The number of aromatic nitrogens is 3. The summed E-state index contributed by atoms with van der Waals surface area (Å²) in [6, 6.07) is 30.0. The number of carbonyl (C=O) groups excluding carboxylic acids is 1. The van der Waals surface area contributed by atoms with Crippen LogP contribution in [0.15, 0.2) is 95.5 Å². The molecule has 6 aromatic rings. The molecule has 0 bridgehead atoms. The van der Waals surface area contributed by atoms with Crippen molar-refractivity contribution in [3.05, 3.63) is 119 Å². The molecule has 1 saturated heterocycles. The average Bonchev–Trinajstić information content (AvgIpc) is 3.46. The Morgan fingerprint density at radius 2 is 1.60 bits per heavy atom. The fraction of sp³-hybridized carbons (Fsp3) is 0.176. The molecule has 0 saturated carbocycles. The minimum absolute atomic E-state index is 0.000965. The lowest BCUT2D eigenvalue weighted by atomic mass is 10.0. The van der Waals surface area contributed by atoms with Gasteiger partial charge in [0.1, 0.15) is 22.7 Å². The molecule has 1 aliphatic heterocycles. The van der Waals surface area contributed by atoms with Crippen LogP contribution in [0.2, 0.25) is 5.02 Å². The third kappa shape index (κ3) is 5.08. The third-order valence-electron chi connectivity index (χ3n) is 7.83. The Labute approximate surface area is 248 Å². The Morgan fingerprint density at radius 3 is 2.36 bits per heavy atom. The van der Waals surface area contributed by atoms with E-state index in [1.165, 1.54) is 5.56 Å². The number of nitrogens with zero attached hydrogens (tertiary/aromatic N) is 5. The van der Waals surface area contributed by atoms with Crippen LogP contribution in [0.1, 0.15) is 27.3 Å². The highest BCUT2D eigenvalue weighted by molar-refractivity contribution is 6.30. The molecule has 0 spiro atoms. The lowest BCUT2D eigenvalue weighted by Crippen LogP contribution is -2.49. The molecule has 3 heterocycles. The zero-order chi connectivity index (χ0) is 28.6. The van der Waals surface area contributed by atoms with E-state index in [2.05, 4.69) is 71.6 Å². The summed E-state index contributed by atoms with van der Waals surface area (Å²) < 4.78 is 5.87. The minimum atomic E-state index is 0.000965. The van der Waals surface area contributed by atoms with Gasteiger partial charge in [0, 0.05) is 48.7 Å². The molecule has 8 heteroatoms. The smallest absolute Gasteiger partial charge is 0.263 e. The lowest BCUT2D eigenvalue weighted by Gasteiger charge is -2.35. The summed E-state index contributed by atoms with van der Waals surface area (Å²) in [5.74, 6) is 1.45. The minimum Gasteiger partial charge on any atom is -0.352 e. The van der Waals surface area contributed by atoms with Crippen molar-refractivity contribution >= 4 is 45.2 Å². The van der Waals surface area contributed by atoms with Gasteiger partial charge < -0.3 is 14.3 Å². The van der Waals surface area contributed by atoms with Gasteiger partial charge in [0.2, 0.25) is 0 Å². The van der Waals surface area contributed by atoms with Gasteiger partial charge in [0.05, 0.1) is 0 Å². The maximum absolute atomic E-state index is 13.2. The number of hydrogen-bond donors (Lipinski definition) is 0. The maximum atomic E-state index is 13.2. The van der Waals surface area contributed by atoms with E-state index < -0.39 is 0 Å². The van der Waals surface area contributed by atoms with Crippen molar-refractivity contribution in [2.24, 2.45) is 0 Å². The van der Waals surface area contributed by atoms with Crippen LogP contribution in [0.25, 0.3) is 33.1 Å². The molecular weight excluding hydrogens is 546 g/mol. The molecule has 0 aliphatic carbocycles. The molecular formula is C34H28ClN5O2. The van der Waals surface area contributed by atoms with Gasteiger partial charge in [-0.25, -0.2) is 4.98 Å². The monoisotopic (exact) mass is 573 g/mol. The quantitative estimate of drug-likeness (QED) is 0.222. The number of hydrogen-bond acceptors (Lipinski definition) is 6. The van der Waals surface area contributed by atoms with Crippen LogP contribution in [-0.2, 0) is 6.42 Å². The maximum Gasteiger partial charge on any atom is 0.263 e. The molecule has 0 unspecified atom stereocenters. The second-order valence-electron chi connectivity index (χ2n) is 10.7. The summed E-state index contributed by atoms with van der Waals surface area (Å²) in [6.45, 7) is 4.45. The highest BCUT2D eigenvalue weighted by Crippen LogP contribution is 2.35. The normalized spacial score (nSPS) is 13.7. The molecule has 7 rings (SSSR count). The number of fused-ring (bicyclic) bond motifs is 2. The summed E-state index contributed by atoms with van der Waals surface area (Å²) in [7, 11) is 0. The Bertz CT molecular complexity index is 1910. The van der Waals surface area contributed by atoms with Crippen molar-refractivity contribution in [2.75, 3.05) is 31.1 Å². The van der Waals surface area contributed by atoms with E-state index >= 15 is 0 Å². The Kier molecular flexibility index (Phi) is 6.80. The van der Waals surface area contributed by atoms with E-state index in [9.17, 15) is 4.79 Å². The first kappa shape index (κ1) is 26.2. The fourth-order valence-electron chi connectivity index (χ4n) is 5.51. The predicted octanol–water partition coefficient (Wildman–Crippen LogP) is 6.95. The summed E-state index contributed by atoms with van der Waals surface area (Å²) in [4.78, 5) is 27.2. The Morgan fingerprint density at radius 1 is 0.857 bits per heavy atom. The highest BCUT2D eigenvalue weighted by atomic mass is 35.5. The van der Waals surface area contributed by atoms with Crippen molar-refractivity contribution in [3.8, 4) is 11.3 Å². The van der Waals surface area contributed by atoms with Crippen LogP contribution in [-0.4, -0.2) is 52.1 Å². The van der Waals surface area contributed by atoms with E-state index in [4.69, 9.17) is 26.1 Å². The number of rotatable bonds is 5. The summed E-state index contributed by atoms with van der Waals surface area (Å²) in [5, 5.41) is 8.18. The zero-order valence-corrected chi connectivity index (χ0v) is 23.9. The van der Waals surface area contributed by atoms with E-state index in [1.807, 2.05) is 17.0 Å². The summed E-state index contributed by atoms with van der Waals surface area (Å²) >= 11 is 6.03. The molecule has 0 N–H and O–H groups in total. The summed E-state index contributed by atoms with van der Waals surface area (Å²) in [6.07, 6.45) is 0.574. The first-order valence-corrected chi connectivity index (χ1v) is 14.4. The first-order chi connectivity index (χ1) is 20.5. The Hall–Kier alpha value is -4.75. The van der Waals surface area contributed by atoms with E-state index in [1.54, 1.807) is 24.3 Å². The number of anilines is 1. The number of amides is 1. The average molecular weight is 574 g/mol. The van der Waals surface area contributed by atoms with Crippen LogP contribution in [0.5, 0.6) is 0 Å². The molecule has 208 valence electrons. The molecule has 7 nitrogen and oxygen atoms in total. The SMILES string of the molecule is Cc1ccc(Cc2nc(N3CCN(C(=O)c4ccc(Cl)cc4)CC3)c3c(-c4ccc5ccccc5c4)noc3n2)cc1. The van der Waals surface area contributed by atoms with Gasteiger partial charge in [-0.15, -0.1) is 0 Å². The van der Waals surface area contributed by atoms with Crippen molar-refractivity contribution in [1.29, 1.82) is 0 Å². The van der Waals surface area contributed by atoms with Gasteiger partial charge in [0.15, 0.2) is 0 Å². The number of aryl methyl sites for hydroxylation is 1. The van der Waals surface area contributed by atoms with Crippen molar-refractivity contribution in [1.82, 2.24) is 20.0 Å². The van der Waals surface area contributed by atoms with Gasteiger partial charge in [0.25, 0.3) is 11.6 Å². The second kappa shape index (κ2) is 10.9. The van der Waals surface area contributed by atoms with Crippen molar-refractivity contribution < 1.29 is 9.32 Å². The molecule has 42 heavy (non-hydrogen) atoms. The molecule has 4 aromatic carbocycles. The van der Waals surface area contributed by atoms with E-state index in [0.717, 1.165) is 33.1 Å². The van der Waals surface area contributed by atoms with Crippen LogP contribution >= 0.6 is 11.6 Å². The molecule has 1 aliphatic rings. The van der Waals surface area contributed by atoms with Crippen LogP contribution < -0.4 is 4.90 Å². The van der Waals surface area contributed by atoms with Crippen molar-refractivity contribution in [2.45, 2.75) is 13.3 Å². The topological polar surface area (TPSA) is 75.4 Å². The van der Waals surface area contributed by atoms with Crippen LogP contribution in [0.3, 0.4) is 0 Å². The molecule has 0 radical (unpaired) electrons. The third-order valence-corrected chi connectivity index (χ3v) is 8.08. The van der Waals surface area contributed by atoms with Crippen LogP contribution in [0.4, 0.5) is 5.82 Å². The molecule has 1 fully saturated rings. The van der Waals surface area contributed by atoms with Gasteiger partial charge in [-0.1, -0.05) is 83.0 Å². The van der Waals surface area contributed by atoms with Gasteiger partial charge in [-0.3, -0.25) is 4.79 Å². The van der Waals surface area contributed by atoms with E-state index in [0.29, 0.717) is 60.4 Å². The van der Waals surface area contributed by atoms with Gasteiger partial charge >= 0.3 is 0 Å². The summed E-state index contributed by atoms with van der Waals surface area (Å²) in [5.41, 5.74) is 5.09. The number of piperazine rings is 1. The highest BCUT2D eigenvalue weighted by Gasteiger charge is 2.27. The fourth-order valence-corrected chi connectivity index (χ4v) is 5.63. The number of carbonyl (C=O) groups is 1. The molecule has 2 aromatic heterocycles. The lowest BCUT2D eigenvalue weighted by molar-refractivity contribution is 0.0746. The largest absolute Gasteiger partial charge is 0.352 e. The second-order valence-corrected chi connectivity index (χ2v) is 11.1. The molecule has 1 amide bonds. The van der Waals surface area contributed by atoms with Crippen molar-refractivity contribution in [3.63, 3.8) is 0 Å². The Balaban J connectivity index is 1.25. The standard InChI is InChI=1S/C34H28ClN5O2/c1-22-6-8-23(9-7-22)20-29-36-32(39-16-18-40(19-17-39)34(41)25-12-14-28(35)15-13-25)30-31(38-42-33(30)37-29)27-11-10-24-4-2-3-5-26(24)21-27/h2-15,21H,16-20H2,1H3. The number of halogens is 1. The van der Waals surface area contributed by atoms with Crippen LogP contribution in [0, 0.1) is 6.92 Å². The molecule has 0 atom stereocenters. The van der Waals surface area contributed by atoms with Gasteiger partial charge in [-0.05, 0) is 53.6 Å². The number of benzene rings is 4. The van der Waals surface area contributed by atoms with Gasteiger partial charge in [-0.2, -0.15) is 4.98 Å². The van der Waals surface area contributed by atoms with E-state index in [-0.39, 0.29) is 5.91 Å². The predicted molar refractivity (Wildman–Crippen MR) is 166 cm³/mol.